The molecule has 0 saturated carbocycles. The molecule has 1 saturated heterocycles. The lowest BCUT2D eigenvalue weighted by molar-refractivity contribution is 0.109. The lowest BCUT2D eigenvalue weighted by Crippen LogP contribution is -2.20. The number of thioether (sulfide) groups is 1. The van der Waals surface area contributed by atoms with Gasteiger partial charge in [-0.3, -0.25) is 4.57 Å². The molecule has 0 bridgehead atoms. The van der Waals surface area contributed by atoms with E-state index < -0.39 is 12.0 Å². The van der Waals surface area contributed by atoms with Crippen molar-refractivity contribution in [2.24, 2.45) is 0 Å². The molecule has 3 nitrogen and oxygen atoms in total. The molecule has 0 aliphatic carbocycles. The van der Waals surface area contributed by atoms with E-state index in [1.54, 1.807) is 18.4 Å². The van der Waals surface area contributed by atoms with Crippen molar-refractivity contribution in [2.45, 2.75) is 18.5 Å². The van der Waals surface area contributed by atoms with Crippen molar-refractivity contribution < 1.29 is 13.8 Å². The van der Waals surface area contributed by atoms with Gasteiger partial charge in [0.2, 0.25) is 7.37 Å². The third-order valence-electron chi connectivity index (χ3n) is 1.94. The highest BCUT2D eigenvalue weighted by molar-refractivity contribution is 8.06. The molecular formula is C7H15O3PS. The Hall–Kier alpha value is 0.500. The summed E-state index contributed by atoms with van der Waals surface area (Å²) in [6, 6.07) is 0. The van der Waals surface area contributed by atoms with Crippen molar-refractivity contribution in [1.82, 2.24) is 0 Å². The van der Waals surface area contributed by atoms with Gasteiger partial charge in [-0.2, -0.15) is 0 Å². The van der Waals surface area contributed by atoms with Crippen LogP contribution in [0.15, 0.2) is 0 Å². The van der Waals surface area contributed by atoms with E-state index in [2.05, 4.69) is 0 Å². The molecule has 0 aromatic carbocycles. The van der Waals surface area contributed by atoms with Gasteiger partial charge < -0.3 is 9.26 Å². The fourth-order valence-corrected chi connectivity index (χ4v) is 4.24. The molecule has 0 spiro atoms. The number of rotatable bonds is 3. The van der Waals surface area contributed by atoms with Crippen LogP contribution < -0.4 is 0 Å². The molecule has 5 heteroatoms. The lowest BCUT2D eigenvalue weighted by Gasteiger charge is -2.28. The topological polar surface area (TPSA) is 35.5 Å². The normalized spacial score (nSPS) is 34.9. The molecule has 0 radical (unpaired) electrons. The predicted octanol–water partition coefficient (Wildman–Crippen LogP) is 2.37. The van der Waals surface area contributed by atoms with E-state index in [1.165, 1.54) is 0 Å². The number of hydrogen-bond donors (Lipinski definition) is 0. The minimum atomic E-state index is -2.61. The molecule has 1 heterocycles. The zero-order valence-corrected chi connectivity index (χ0v) is 9.41. The Morgan fingerprint density at radius 3 is 2.83 bits per heavy atom. The maximum Gasteiger partial charge on any atom is 0.240 e. The first-order valence-corrected chi connectivity index (χ1v) is 7.07. The second-order valence-corrected chi connectivity index (χ2v) is 7.44. The summed E-state index contributed by atoms with van der Waals surface area (Å²) < 4.78 is 22.0. The van der Waals surface area contributed by atoms with Crippen LogP contribution in [-0.4, -0.2) is 30.3 Å². The first-order chi connectivity index (χ1) is 5.52. The molecule has 1 aliphatic heterocycles. The average molecular weight is 210 g/mol. The van der Waals surface area contributed by atoms with Crippen LogP contribution in [-0.2, 0) is 13.8 Å². The largest absolute Gasteiger partial charge is 0.354 e. The van der Waals surface area contributed by atoms with Crippen molar-refractivity contribution in [2.75, 3.05) is 25.6 Å². The summed E-state index contributed by atoms with van der Waals surface area (Å²) in [5.41, 5.74) is 0. The molecule has 1 aliphatic rings. The maximum atomic E-state index is 12.0. The van der Waals surface area contributed by atoms with Crippen LogP contribution in [0.4, 0.5) is 0 Å². The second-order valence-electron chi connectivity index (χ2n) is 2.86. The summed E-state index contributed by atoms with van der Waals surface area (Å²) >= 11 is 1.58. The van der Waals surface area contributed by atoms with E-state index in [0.29, 0.717) is 13.2 Å². The van der Waals surface area contributed by atoms with Crippen LogP contribution in [0.3, 0.4) is 0 Å². The molecule has 0 N–H and O–H groups in total. The first-order valence-electron chi connectivity index (χ1n) is 4.02. The molecule has 72 valence electrons. The van der Waals surface area contributed by atoms with Crippen LogP contribution in [0.1, 0.15) is 13.8 Å². The Kier molecular flexibility index (Phi) is 3.27. The van der Waals surface area contributed by atoms with Gasteiger partial charge in [-0.15, -0.1) is 11.8 Å². The van der Waals surface area contributed by atoms with E-state index in [9.17, 15) is 4.57 Å². The average Bonchev–Trinajstić information content (AvgIpc) is 2.37. The molecule has 12 heavy (non-hydrogen) atoms. The zero-order valence-electron chi connectivity index (χ0n) is 7.70. The first kappa shape index (κ1) is 10.6. The standard InChI is InChI=1S/C7H15O3PS/c1-4-10-11(3,8)7(2)9-5-6-12-7/h4-6H2,1-3H3. The summed E-state index contributed by atoms with van der Waals surface area (Å²) in [6.07, 6.45) is 0. The molecule has 0 aromatic rings. The number of ether oxygens (including phenoxy) is 1. The molecule has 0 aromatic heterocycles. The van der Waals surface area contributed by atoms with Gasteiger partial charge in [-0.25, -0.2) is 0 Å². The summed E-state index contributed by atoms with van der Waals surface area (Å²) in [6.45, 7) is 6.49. The quantitative estimate of drug-likeness (QED) is 0.670. The number of hydrogen-bond acceptors (Lipinski definition) is 4. The highest BCUT2D eigenvalue weighted by Crippen LogP contribution is 2.63. The fraction of sp³-hybridized carbons (Fsp3) is 1.00. The van der Waals surface area contributed by atoms with Crippen molar-refractivity contribution in [3.8, 4) is 0 Å². The van der Waals surface area contributed by atoms with Crippen LogP contribution in [0, 0.1) is 0 Å². The summed E-state index contributed by atoms with van der Waals surface area (Å²) in [5.74, 6) is 0.904. The molecule has 2 unspecified atom stereocenters. The Morgan fingerprint density at radius 1 is 1.75 bits per heavy atom. The molecular weight excluding hydrogens is 195 g/mol. The van der Waals surface area contributed by atoms with Crippen LogP contribution >= 0.6 is 19.1 Å². The van der Waals surface area contributed by atoms with Gasteiger partial charge >= 0.3 is 0 Å². The minimum absolute atomic E-state index is 0.479. The van der Waals surface area contributed by atoms with Crippen molar-refractivity contribution in [3.63, 3.8) is 0 Å². The van der Waals surface area contributed by atoms with Crippen molar-refractivity contribution >= 4 is 19.1 Å². The maximum absolute atomic E-state index is 12.0. The van der Waals surface area contributed by atoms with E-state index >= 15 is 0 Å². The lowest BCUT2D eigenvalue weighted by atomic mass is 10.8. The van der Waals surface area contributed by atoms with Gasteiger partial charge in [0.1, 0.15) is 0 Å². The Morgan fingerprint density at radius 2 is 2.42 bits per heavy atom. The Balaban J connectivity index is 2.71. The van der Waals surface area contributed by atoms with E-state index in [1.807, 2.05) is 13.8 Å². The highest BCUT2D eigenvalue weighted by Gasteiger charge is 2.46. The van der Waals surface area contributed by atoms with Gasteiger partial charge in [0.15, 0.2) is 4.67 Å². The minimum Gasteiger partial charge on any atom is -0.354 e. The third kappa shape index (κ3) is 1.87. The second kappa shape index (κ2) is 3.70. The van der Waals surface area contributed by atoms with Crippen LogP contribution in [0.2, 0.25) is 0 Å². The summed E-state index contributed by atoms with van der Waals surface area (Å²) in [7, 11) is -2.61. The monoisotopic (exact) mass is 210 g/mol. The van der Waals surface area contributed by atoms with Gasteiger partial charge in [-0.1, -0.05) is 0 Å². The zero-order chi connectivity index (χ0) is 9.24. The molecule has 0 amide bonds. The van der Waals surface area contributed by atoms with Crippen LogP contribution in [0.25, 0.3) is 0 Å². The molecule has 1 fully saturated rings. The predicted molar refractivity (Wildman–Crippen MR) is 52.0 cm³/mol. The van der Waals surface area contributed by atoms with E-state index in [0.717, 1.165) is 5.75 Å². The molecule has 1 rings (SSSR count). The Bertz CT molecular complexity index is 201. The van der Waals surface area contributed by atoms with E-state index in [4.69, 9.17) is 9.26 Å². The Labute approximate surface area is 77.6 Å². The molecule has 2 atom stereocenters. The van der Waals surface area contributed by atoms with Gasteiger partial charge in [0, 0.05) is 12.4 Å². The fourth-order valence-electron chi connectivity index (χ4n) is 1.10. The van der Waals surface area contributed by atoms with Crippen molar-refractivity contribution in [3.05, 3.63) is 0 Å². The van der Waals surface area contributed by atoms with Gasteiger partial charge in [0.05, 0.1) is 13.2 Å². The summed E-state index contributed by atoms with van der Waals surface area (Å²) in [4.78, 5) is 0. The van der Waals surface area contributed by atoms with Crippen molar-refractivity contribution in [1.29, 1.82) is 0 Å². The highest BCUT2D eigenvalue weighted by atomic mass is 32.2. The SMILES string of the molecule is CCOP(C)(=O)C1(C)OCCS1. The summed E-state index contributed by atoms with van der Waals surface area (Å²) in [5, 5.41) is 0. The smallest absolute Gasteiger partial charge is 0.240 e. The van der Waals surface area contributed by atoms with Gasteiger partial charge in [-0.05, 0) is 13.8 Å². The van der Waals surface area contributed by atoms with Gasteiger partial charge in [0.25, 0.3) is 0 Å². The van der Waals surface area contributed by atoms with E-state index in [-0.39, 0.29) is 0 Å². The van der Waals surface area contributed by atoms with Crippen LogP contribution in [0.5, 0.6) is 0 Å². The third-order valence-corrected chi connectivity index (χ3v) is 6.70.